The van der Waals surface area contributed by atoms with Crippen LogP contribution in [0.2, 0.25) is 0 Å². The van der Waals surface area contributed by atoms with E-state index in [-0.39, 0.29) is 5.91 Å². The van der Waals surface area contributed by atoms with Crippen LogP contribution in [0.5, 0.6) is 0 Å². The lowest BCUT2D eigenvalue weighted by molar-refractivity contribution is 0.102. The van der Waals surface area contributed by atoms with E-state index in [9.17, 15) is 4.79 Å². The molecule has 1 N–H and O–H groups in total. The highest BCUT2D eigenvalue weighted by Crippen LogP contribution is 2.29. The maximum Gasteiger partial charge on any atom is 0.261 e. The first kappa shape index (κ1) is 18.4. The van der Waals surface area contributed by atoms with Crippen LogP contribution in [0.1, 0.15) is 10.4 Å². The minimum atomic E-state index is -0.243. The molecule has 1 aromatic carbocycles. The monoisotopic (exact) mass is 429 g/mol. The van der Waals surface area contributed by atoms with Crippen LogP contribution in [0, 0.1) is 0 Å². The Hall–Kier alpha value is -3.62. The zero-order valence-corrected chi connectivity index (χ0v) is 17.2. The number of thiazole rings is 1. The summed E-state index contributed by atoms with van der Waals surface area (Å²) in [5.74, 6) is -0.243. The predicted molar refractivity (Wildman–Crippen MR) is 120 cm³/mol. The molecule has 30 heavy (non-hydrogen) atoms. The maximum absolute atomic E-state index is 13.1. The maximum atomic E-state index is 13.1. The molecule has 0 saturated heterocycles. The lowest BCUT2D eigenvalue weighted by atomic mass is 10.2. The second-order valence-electron chi connectivity index (χ2n) is 6.38. The summed E-state index contributed by atoms with van der Waals surface area (Å²) in [5.41, 5.74) is 3.73. The van der Waals surface area contributed by atoms with Crippen LogP contribution < -0.4 is 5.32 Å². The second-order valence-corrected chi connectivity index (χ2v) is 8.19. The largest absolute Gasteiger partial charge is 0.298 e. The van der Waals surface area contributed by atoms with Gasteiger partial charge < -0.3 is 0 Å². The molecule has 146 valence electrons. The van der Waals surface area contributed by atoms with Gasteiger partial charge in [-0.3, -0.25) is 15.1 Å². The summed E-state index contributed by atoms with van der Waals surface area (Å²) in [6, 6.07) is 17.4. The first-order valence-corrected chi connectivity index (χ1v) is 10.9. The number of aromatic nitrogens is 4. The van der Waals surface area contributed by atoms with Crippen molar-refractivity contribution in [1.82, 2.24) is 19.7 Å². The van der Waals surface area contributed by atoms with E-state index >= 15 is 0 Å². The van der Waals surface area contributed by atoms with Crippen molar-refractivity contribution in [2.75, 3.05) is 5.32 Å². The number of nitrogens with zero attached hydrogens (tertiary/aromatic N) is 4. The van der Waals surface area contributed by atoms with Crippen molar-refractivity contribution in [2.24, 2.45) is 0 Å². The van der Waals surface area contributed by atoms with Crippen molar-refractivity contribution in [3.05, 3.63) is 89.5 Å². The number of hydrogen-bond donors (Lipinski definition) is 1. The van der Waals surface area contributed by atoms with Gasteiger partial charge in [-0.15, -0.1) is 22.7 Å². The molecular formula is C22H15N5OS2. The summed E-state index contributed by atoms with van der Waals surface area (Å²) >= 11 is 2.93. The van der Waals surface area contributed by atoms with Gasteiger partial charge in [-0.05, 0) is 35.7 Å². The highest BCUT2D eigenvalue weighted by molar-refractivity contribution is 7.14. The first-order chi connectivity index (χ1) is 14.8. The number of benzene rings is 1. The smallest absolute Gasteiger partial charge is 0.261 e. The van der Waals surface area contributed by atoms with Crippen molar-refractivity contribution in [2.45, 2.75) is 0 Å². The number of pyridine rings is 1. The molecule has 0 bridgehead atoms. The van der Waals surface area contributed by atoms with Gasteiger partial charge >= 0.3 is 0 Å². The third-order valence-electron chi connectivity index (χ3n) is 4.42. The number of amides is 1. The molecule has 8 heteroatoms. The predicted octanol–water partition coefficient (Wildman–Crippen LogP) is 5.37. The topological polar surface area (TPSA) is 72.7 Å². The molecule has 4 heterocycles. The lowest BCUT2D eigenvalue weighted by Crippen LogP contribution is -2.12. The summed E-state index contributed by atoms with van der Waals surface area (Å²) in [5, 5.41) is 12.0. The zero-order valence-electron chi connectivity index (χ0n) is 15.6. The van der Waals surface area contributed by atoms with Crippen molar-refractivity contribution in [3.63, 3.8) is 0 Å². The zero-order chi connectivity index (χ0) is 20.3. The standard InChI is InChI=1S/C22H15N5OS2/c28-21(25-22-24-18(14-30-22)15-6-4-10-23-12-15)17-13-27(16-7-2-1-3-8-16)26-20(17)19-9-5-11-29-19/h1-14H,(H,24,25,28). The molecule has 0 aliphatic heterocycles. The summed E-state index contributed by atoms with van der Waals surface area (Å²) in [4.78, 5) is 22.7. The number of hydrogen-bond acceptors (Lipinski definition) is 6. The normalized spacial score (nSPS) is 10.8. The Morgan fingerprint density at radius 2 is 1.90 bits per heavy atom. The van der Waals surface area contributed by atoms with Crippen molar-refractivity contribution in [3.8, 4) is 27.5 Å². The van der Waals surface area contributed by atoms with Crippen molar-refractivity contribution < 1.29 is 4.79 Å². The van der Waals surface area contributed by atoms with E-state index in [1.165, 1.54) is 11.3 Å². The second kappa shape index (κ2) is 8.02. The van der Waals surface area contributed by atoms with E-state index in [0.717, 1.165) is 21.8 Å². The van der Waals surface area contributed by atoms with E-state index < -0.39 is 0 Å². The van der Waals surface area contributed by atoms with Gasteiger partial charge in [0.2, 0.25) is 0 Å². The average Bonchev–Trinajstić information content (AvgIpc) is 3.55. The Morgan fingerprint density at radius 1 is 1.00 bits per heavy atom. The minimum Gasteiger partial charge on any atom is -0.298 e. The molecule has 0 fully saturated rings. The lowest BCUT2D eigenvalue weighted by Gasteiger charge is -2.01. The summed E-state index contributed by atoms with van der Waals surface area (Å²) < 4.78 is 1.73. The number of para-hydroxylation sites is 1. The van der Waals surface area contributed by atoms with E-state index in [4.69, 9.17) is 0 Å². The van der Waals surface area contributed by atoms with E-state index in [1.54, 1.807) is 34.6 Å². The third-order valence-corrected chi connectivity index (χ3v) is 6.05. The van der Waals surface area contributed by atoms with Crippen molar-refractivity contribution >= 4 is 33.7 Å². The number of carbonyl (C=O) groups is 1. The van der Waals surface area contributed by atoms with E-state index in [1.807, 2.05) is 65.4 Å². The Kier molecular flexibility index (Phi) is 4.92. The molecule has 0 aliphatic rings. The average molecular weight is 430 g/mol. The summed E-state index contributed by atoms with van der Waals surface area (Å²) in [6.45, 7) is 0. The van der Waals surface area contributed by atoms with Crippen LogP contribution in [0.25, 0.3) is 27.5 Å². The molecule has 0 spiro atoms. The van der Waals surface area contributed by atoms with Crippen LogP contribution in [0.15, 0.2) is 83.9 Å². The highest BCUT2D eigenvalue weighted by atomic mass is 32.1. The molecule has 6 nitrogen and oxygen atoms in total. The molecule has 0 atom stereocenters. The summed E-state index contributed by atoms with van der Waals surface area (Å²) in [6.07, 6.45) is 5.23. The van der Waals surface area contributed by atoms with E-state index in [0.29, 0.717) is 16.4 Å². The van der Waals surface area contributed by atoms with Crippen LogP contribution >= 0.6 is 22.7 Å². The fourth-order valence-corrected chi connectivity index (χ4v) is 4.43. The van der Waals surface area contributed by atoms with E-state index in [2.05, 4.69) is 20.4 Å². The Morgan fingerprint density at radius 3 is 2.67 bits per heavy atom. The molecule has 0 radical (unpaired) electrons. The van der Waals surface area contributed by atoms with Crippen LogP contribution in [0.4, 0.5) is 5.13 Å². The minimum absolute atomic E-state index is 0.243. The Balaban J connectivity index is 1.47. The fraction of sp³-hybridized carbons (Fsp3) is 0. The van der Waals surface area contributed by atoms with Crippen LogP contribution in [-0.2, 0) is 0 Å². The SMILES string of the molecule is O=C(Nc1nc(-c2cccnc2)cs1)c1cn(-c2ccccc2)nc1-c1cccs1. The van der Waals surface area contributed by atoms with Crippen molar-refractivity contribution in [1.29, 1.82) is 0 Å². The highest BCUT2D eigenvalue weighted by Gasteiger charge is 2.20. The molecular weight excluding hydrogens is 414 g/mol. The quantitative estimate of drug-likeness (QED) is 0.408. The number of rotatable bonds is 5. The third kappa shape index (κ3) is 3.66. The first-order valence-electron chi connectivity index (χ1n) is 9.14. The van der Waals surface area contributed by atoms with Gasteiger partial charge in [-0.1, -0.05) is 24.3 Å². The van der Waals surface area contributed by atoms with Gasteiger partial charge in [-0.2, -0.15) is 5.10 Å². The van der Waals surface area contributed by atoms with Crippen LogP contribution in [-0.4, -0.2) is 25.7 Å². The van der Waals surface area contributed by atoms with Gasteiger partial charge in [0, 0.05) is 29.5 Å². The number of thiophene rings is 1. The molecule has 0 saturated carbocycles. The number of anilines is 1. The summed E-state index contributed by atoms with van der Waals surface area (Å²) in [7, 11) is 0. The van der Waals surface area contributed by atoms with Gasteiger partial charge in [-0.25, -0.2) is 9.67 Å². The molecule has 4 aromatic heterocycles. The molecule has 1 amide bonds. The molecule has 0 unspecified atom stereocenters. The Labute approximate surface area is 180 Å². The van der Waals surface area contributed by atoms with Gasteiger partial charge in [0.05, 0.1) is 21.8 Å². The molecule has 0 aliphatic carbocycles. The number of carbonyl (C=O) groups excluding carboxylic acids is 1. The fourth-order valence-electron chi connectivity index (χ4n) is 2.99. The van der Waals surface area contributed by atoms with Crippen LogP contribution in [0.3, 0.4) is 0 Å². The molecule has 5 rings (SSSR count). The van der Waals surface area contributed by atoms with Gasteiger partial charge in [0.15, 0.2) is 5.13 Å². The number of nitrogens with one attached hydrogen (secondary N) is 1. The van der Waals surface area contributed by atoms with Gasteiger partial charge in [0.1, 0.15) is 5.69 Å². The van der Waals surface area contributed by atoms with Gasteiger partial charge in [0.25, 0.3) is 5.91 Å². The molecule has 5 aromatic rings. The Bertz CT molecular complexity index is 1280.